The van der Waals surface area contributed by atoms with Crippen LogP contribution in [-0.2, 0) is 16.6 Å². The van der Waals surface area contributed by atoms with E-state index in [2.05, 4.69) is 10.0 Å². The molecule has 2 N–H and O–H groups in total. The number of nitrogens with one attached hydrogen (secondary N) is 2. The number of hydrogen-bond acceptors (Lipinski definition) is 4. The summed E-state index contributed by atoms with van der Waals surface area (Å²) < 4.78 is 31.8. The average Bonchev–Trinajstić information content (AvgIpc) is 2.77. The Hall–Kier alpha value is -0.850. The molecule has 0 spiro atoms. The lowest BCUT2D eigenvalue weighted by Gasteiger charge is -2.22. The third-order valence-corrected chi connectivity index (χ3v) is 4.22. The highest BCUT2D eigenvalue weighted by Crippen LogP contribution is 2.20. The fraction of sp³-hybridized carbons (Fsp3) is 0.667. The van der Waals surface area contributed by atoms with Gasteiger partial charge >= 0.3 is 0 Å². The Morgan fingerprint density at radius 1 is 1.33 bits per heavy atom. The van der Waals surface area contributed by atoms with E-state index >= 15 is 0 Å². The van der Waals surface area contributed by atoms with Gasteiger partial charge in [-0.3, -0.25) is 0 Å². The molecule has 1 aromatic heterocycles. The molecule has 1 heterocycles. The summed E-state index contributed by atoms with van der Waals surface area (Å²) in [5.41, 5.74) is -0.0620. The second-order valence-corrected chi connectivity index (χ2v) is 6.79. The molecule has 1 aromatic rings. The van der Waals surface area contributed by atoms with E-state index in [1.54, 1.807) is 13.1 Å². The molecule has 0 radical (unpaired) electrons. The van der Waals surface area contributed by atoms with Gasteiger partial charge in [0.15, 0.2) is 0 Å². The Bertz CT molecular complexity index is 477. The lowest BCUT2D eigenvalue weighted by Crippen LogP contribution is -2.33. The molecule has 6 heteroatoms. The van der Waals surface area contributed by atoms with E-state index in [0.717, 1.165) is 6.42 Å². The molecule has 0 aliphatic heterocycles. The topological polar surface area (TPSA) is 71.3 Å². The van der Waals surface area contributed by atoms with Crippen LogP contribution >= 0.6 is 0 Å². The molecule has 0 atom stereocenters. The number of rotatable bonds is 7. The first kappa shape index (κ1) is 15.2. The smallest absolute Gasteiger partial charge is 0.273 e. The number of furan rings is 1. The van der Waals surface area contributed by atoms with E-state index in [4.69, 9.17) is 4.42 Å². The van der Waals surface area contributed by atoms with Crippen molar-refractivity contribution in [2.24, 2.45) is 5.41 Å². The second-order valence-electron chi connectivity index (χ2n) is 5.09. The van der Waals surface area contributed by atoms with Crippen LogP contribution in [0.3, 0.4) is 0 Å². The van der Waals surface area contributed by atoms with E-state index in [9.17, 15) is 8.42 Å². The monoisotopic (exact) mass is 274 g/mol. The highest BCUT2D eigenvalue weighted by atomic mass is 32.2. The first-order valence-electron chi connectivity index (χ1n) is 6.04. The van der Waals surface area contributed by atoms with Crippen molar-refractivity contribution in [2.75, 3.05) is 13.6 Å². The summed E-state index contributed by atoms with van der Waals surface area (Å²) in [6, 6.07) is 3.14. The van der Waals surface area contributed by atoms with Gasteiger partial charge in [0.1, 0.15) is 5.76 Å². The molecule has 0 unspecified atom stereocenters. The first-order valence-corrected chi connectivity index (χ1v) is 7.52. The lowest BCUT2D eigenvalue weighted by molar-refractivity contribution is 0.346. The van der Waals surface area contributed by atoms with Crippen molar-refractivity contribution in [2.45, 2.75) is 38.8 Å². The van der Waals surface area contributed by atoms with E-state index in [1.807, 2.05) is 20.8 Å². The largest absolute Gasteiger partial charge is 0.447 e. The summed E-state index contributed by atoms with van der Waals surface area (Å²) in [4.78, 5) is 0. The van der Waals surface area contributed by atoms with Crippen molar-refractivity contribution in [3.05, 3.63) is 17.9 Å². The molecule has 0 aliphatic carbocycles. The van der Waals surface area contributed by atoms with E-state index in [-0.39, 0.29) is 10.5 Å². The maximum atomic E-state index is 12.0. The van der Waals surface area contributed by atoms with Crippen LogP contribution in [0.15, 0.2) is 21.6 Å². The fourth-order valence-corrected chi connectivity index (χ4v) is 2.45. The molecule has 0 aromatic carbocycles. The molecule has 104 valence electrons. The maximum Gasteiger partial charge on any atom is 0.273 e. The summed E-state index contributed by atoms with van der Waals surface area (Å²) in [7, 11) is -1.77. The van der Waals surface area contributed by atoms with Crippen molar-refractivity contribution < 1.29 is 12.8 Å². The van der Waals surface area contributed by atoms with Gasteiger partial charge in [-0.25, -0.2) is 13.1 Å². The standard InChI is InChI=1S/C12H22N2O3S/c1-5-12(2,3)9-14-18(15,16)11-7-6-10(17-11)8-13-4/h6-7,13-14H,5,8-9H2,1-4H3. The fourth-order valence-electron chi connectivity index (χ4n) is 1.26. The van der Waals surface area contributed by atoms with Crippen LogP contribution < -0.4 is 10.0 Å². The van der Waals surface area contributed by atoms with Crippen LogP contribution in [0.5, 0.6) is 0 Å². The van der Waals surface area contributed by atoms with Gasteiger partial charge in [0.05, 0.1) is 6.54 Å². The molecule has 0 aliphatic rings. The Balaban J connectivity index is 2.74. The zero-order valence-electron chi connectivity index (χ0n) is 11.4. The lowest BCUT2D eigenvalue weighted by atomic mass is 9.91. The van der Waals surface area contributed by atoms with E-state index in [1.165, 1.54) is 6.07 Å². The molecule has 5 nitrogen and oxygen atoms in total. The van der Waals surface area contributed by atoms with Crippen LogP contribution in [0, 0.1) is 5.41 Å². The number of sulfonamides is 1. The van der Waals surface area contributed by atoms with Crippen LogP contribution in [0.2, 0.25) is 0 Å². The minimum atomic E-state index is -3.55. The average molecular weight is 274 g/mol. The van der Waals surface area contributed by atoms with Gasteiger partial charge in [0.25, 0.3) is 10.0 Å². The Labute approximate surface area is 109 Å². The molecule has 0 bridgehead atoms. The third kappa shape index (κ3) is 4.12. The van der Waals surface area contributed by atoms with Crippen molar-refractivity contribution >= 4 is 10.0 Å². The van der Waals surface area contributed by atoms with Crippen LogP contribution in [0.25, 0.3) is 0 Å². The van der Waals surface area contributed by atoms with Gasteiger partial charge in [-0.05, 0) is 31.0 Å². The normalized spacial score (nSPS) is 12.9. The molecule has 0 saturated heterocycles. The van der Waals surface area contributed by atoms with Crippen LogP contribution in [-0.4, -0.2) is 22.0 Å². The van der Waals surface area contributed by atoms with Gasteiger partial charge in [-0.1, -0.05) is 20.8 Å². The van der Waals surface area contributed by atoms with Gasteiger partial charge in [-0.2, -0.15) is 0 Å². The minimum absolute atomic E-state index is 0.0281. The molecular weight excluding hydrogens is 252 g/mol. The van der Waals surface area contributed by atoms with Gasteiger partial charge in [0.2, 0.25) is 5.09 Å². The highest BCUT2D eigenvalue weighted by Gasteiger charge is 2.23. The Morgan fingerprint density at radius 3 is 2.56 bits per heavy atom. The van der Waals surface area contributed by atoms with Crippen molar-refractivity contribution in [1.82, 2.24) is 10.0 Å². The molecule has 0 amide bonds. The van der Waals surface area contributed by atoms with Crippen LogP contribution in [0.4, 0.5) is 0 Å². The zero-order chi connectivity index (χ0) is 13.8. The summed E-state index contributed by atoms with van der Waals surface area (Å²) in [5.74, 6) is 0.604. The van der Waals surface area contributed by atoms with Crippen molar-refractivity contribution in [3.63, 3.8) is 0 Å². The quantitative estimate of drug-likeness (QED) is 0.794. The third-order valence-electron chi connectivity index (χ3n) is 2.95. The minimum Gasteiger partial charge on any atom is -0.447 e. The zero-order valence-corrected chi connectivity index (χ0v) is 12.2. The summed E-state index contributed by atoms with van der Waals surface area (Å²) in [6.45, 7) is 6.98. The summed E-state index contributed by atoms with van der Waals surface area (Å²) in [5, 5.41) is 2.88. The predicted octanol–water partition coefficient (Wildman–Crippen LogP) is 1.71. The SMILES string of the molecule is CCC(C)(C)CNS(=O)(=O)c1ccc(CNC)o1. The number of hydrogen-bond donors (Lipinski definition) is 2. The van der Waals surface area contributed by atoms with E-state index < -0.39 is 10.0 Å². The van der Waals surface area contributed by atoms with Crippen molar-refractivity contribution in [3.8, 4) is 0 Å². The molecule has 1 rings (SSSR count). The van der Waals surface area contributed by atoms with Crippen LogP contribution in [0.1, 0.15) is 33.0 Å². The summed E-state index contributed by atoms with van der Waals surface area (Å²) in [6.07, 6.45) is 0.901. The molecule has 0 saturated carbocycles. The molecule has 18 heavy (non-hydrogen) atoms. The second kappa shape index (κ2) is 5.86. The molecule has 0 fully saturated rings. The first-order chi connectivity index (χ1) is 8.30. The molecular formula is C12H22N2O3S. The predicted molar refractivity (Wildman–Crippen MR) is 70.7 cm³/mol. The maximum absolute atomic E-state index is 12.0. The Kier molecular flexibility index (Phi) is 4.95. The van der Waals surface area contributed by atoms with Gasteiger partial charge in [-0.15, -0.1) is 0 Å². The Morgan fingerprint density at radius 2 is 2.00 bits per heavy atom. The highest BCUT2D eigenvalue weighted by molar-refractivity contribution is 7.89. The van der Waals surface area contributed by atoms with Gasteiger partial charge in [0, 0.05) is 6.54 Å². The van der Waals surface area contributed by atoms with Crippen molar-refractivity contribution in [1.29, 1.82) is 0 Å². The van der Waals surface area contributed by atoms with Gasteiger partial charge < -0.3 is 9.73 Å². The van der Waals surface area contributed by atoms with E-state index in [0.29, 0.717) is 18.8 Å². The summed E-state index contributed by atoms with van der Waals surface area (Å²) >= 11 is 0.